The Labute approximate surface area is 112 Å². The first kappa shape index (κ1) is 12.2. The van der Waals surface area contributed by atoms with Crippen molar-refractivity contribution in [2.24, 2.45) is 5.92 Å². The molecule has 96 valence electrons. The van der Waals surface area contributed by atoms with Crippen LogP contribution in [0.1, 0.15) is 38.2 Å². The van der Waals surface area contributed by atoms with Crippen molar-refractivity contribution in [1.29, 1.82) is 0 Å². The Kier molecular flexibility index (Phi) is 3.16. The van der Waals surface area contributed by atoms with Crippen molar-refractivity contribution >= 4 is 21.4 Å². The van der Waals surface area contributed by atoms with Crippen LogP contribution >= 0.6 is 11.3 Å². The molecule has 2 heteroatoms. The third-order valence-electron chi connectivity index (χ3n) is 4.15. The Morgan fingerprint density at radius 2 is 2.22 bits per heavy atom. The van der Waals surface area contributed by atoms with Crippen LogP contribution in [-0.4, -0.2) is 10.7 Å². The maximum atomic E-state index is 10.8. The van der Waals surface area contributed by atoms with Gasteiger partial charge in [0.15, 0.2) is 0 Å². The van der Waals surface area contributed by atoms with Crippen LogP contribution in [-0.2, 0) is 6.42 Å². The highest BCUT2D eigenvalue weighted by atomic mass is 32.1. The minimum absolute atomic E-state index is 0.471. The summed E-state index contributed by atoms with van der Waals surface area (Å²) in [5.41, 5.74) is 0.855. The second-order valence-electron chi connectivity index (χ2n) is 5.86. The van der Waals surface area contributed by atoms with E-state index in [1.54, 1.807) is 11.3 Å². The zero-order chi connectivity index (χ0) is 12.6. The minimum atomic E-state index is -0.471. The number of thiophene rings is 1. The molecule has 1 heterocycles. The van der Waals surface area contributed by atoms with Gasteiger partial charge in [-0.15, -0.1) is 11.3 Å². The first-order valence-corrected chi connectivity index (χ1v) is 7.72. The molecule has 2 unspecified atom stereocenters. The number of benzene rings is 1. The Bertz CT molecular complexity index is 545. The third-order valence-corrected chi connectivity index (χ3v) is 5.16. The minimum Gasteiger partial charge on any atom is -0.390 e. The van der Waals surface area contributed by atoms with Crippen LogP contribution in [0.3, 0.4) is 0 Å². The molecule has 1 aromatic carbocycles. The van der Waals surface area contributed by atoms with E-state index in [9.17, 15) is 5.11 Å². The van der Waals surface area contributed by atoms with E-state index in [2.05, 4.69) is 36.6 Å². The SMILES string of the molecule is CC1CCCC(O)(Cc2csc3ccccc23)C1. The molecule has 0 bridgehead atoms. The second kappa shape index (κ2) is 4.67. The van der Waals surface area contributed by atoms with Crippen LogP contribution in [0, 0.1) is 5.92 Å². The van der Waals surface area contributed by atoms with E-state index in [0.29, 0.717) is 5.92 Å². The number of fused-ring (bicyclic) bond motifs is 1. The van der Waals surface area contributed by atoms with Crippen molar-refractivity contribution in [2.75, 3.05) is 0 Å². The molecule has 1 fully saturated rings. The Hall–Kier alpha value is -0.860. The van der Waals surface area contributed by atoms with Crippen molar-refractivity contribution in [1.82, 2.24) is 0 Å². The average molecular weight is 260 g/mol. The highest BCUT2D eigenvalue weighted by Gasteiger charge is 2.33. The molecule has 0 amide bonds. The van der Waals surface area contributed by atoms with Crippen LogP contribution in [0.25, 0.3) is 10.1 Å². The lowest BCUT2D eigenvalue weighted by Gasteiger charge is -2.35. The molecule has 1 aliphatic rings. The molecule has 1 N–H and O–H groups in total. The fourth-order valence-electron chi connectivity index (χ4n) is 3.32. The van der Waals surface area contributed by atoms with Gasteiger partial charge in [0.1, 0.15) is 0 Å². The van der Waals surface area contributed by atoms with Gasteiger partial charge in [0, 0.05) is 11.1 Å². The maximum absolute atomic E-state index is 10.8. The third kappa shape index (κ3) is 2.32. The first-order valence-electron chi connectivity index (χ1n) is 6.84. The summed E-state index contributed by atoms with van der Waals surface area (Å²) in [6.45, 7) is 2.26. The summed E-state index contributed by atoms with van der Waals surface area (Å²) in [7, 11) is 0. The van der Waals surface area contributed by atoms with Crippen molar-refractivity contribution in [3.8, 4) is 0 Å². The highest BCUT2D eigenvalue weighted by molar-refractivity contribution is 7.17. The van der Waals surface area contributed by atoms with Crippen LogP contribution in [0.5, 0.6) is 0 Å². The average Bonchev–Trinajstić information content (AvgIpc) is 2.72. The van der Waals surface area contributed by atoms with E-state index in [4.69, 9.17) is 0 Å². The molecule has 2 atom stereocenters. The summed E-state index contributed by atoms with van der Waals surface area (Å²) in [6, 6.07) is 8.51. The predicted molar refractivity (Wildman–Crippen MR) is 78.1 cm³/mol. The summed E-state index contributed by atoms with van der Waals surface area (Å²) in [5, 5.41) is 14.3. The lowest BCUT2D eigenvalue weighted by Crippen LogP contribution is -2.36. The normalized spacial score (nSPS) is 28.7. The van der Waals surface area contributed by atoms with Gasteiger partial charge < -0.3 is 5.11 Å². The molecule has 2 aromatic rings. The Morgan fingerprint density at radius 1 is 1.39 bits per heavy atom. The van der Waals surface area contributed by atoms with Gasteiger partial charge in [-0.3, -0.25) is 0 Å². The Balaban J connectivity index is 1.87. The summed E-state index contributed by atoms with van der Waals surface area (Å²) < 4.78 is 1.33. The van der Waals surface area contributed by atoms with Crippen LogP contribution in [0.4, 0.5) is 0 Å². The highest BCUT2D eigenvalue weighted by Crippen LogP contribution is 2.37. The molecule has 1 aromatic heterocycles. The van der Waals surface area contributed by atoms with Gasteiger partial charge in [-0.25, -0.2) is 0 Å². The van der Waals surface area contributed by atoms with Crippen molar-refractivity contribution in [3.05, 3.63) is 35.2 Å². The Morgan fingerprint density at radius 3 is 3.06 bits per heavy atom. The van der Waals surface area contributed by atoms with E-state index in [1.165, 1.54) is 28.5 Å². The number of hydrogen-bond donors (Lipinski definition) is 1. The van der Waals surface area contributed by atoms with E-state index < -0.39 is 5.60 Å². The smallest absolute Gasteiger partial charge is 0.0691 e. The molecule has 0 radical (unpaired) electrons. The molecule has 3 rings (SSSR count). The van der Waals surface area contributed by atoms with Crippen LogP contribution < -0.4 is 0 Å². The standard InChI is InChI=1S/C16H20OS/c1-12-5-4-8-16(17,9-12)10-13-11-18-15-7-3-2-6-14(13)15/h2-3,6-7,11-12,17H,4-5,8-10H2,1H3. The number of hydrogen-bond acceptors (Lipinski definition) is 2. The first-order chi connectivity index (χ1) is 8.66. The molecule has 0 saturated heterocycles. The monoisotopic (exact) mass is 260 g/mol. The second-order valence-corrected chi connectivity index (χ2v) is 6.77. The lowest BCUT2D eigenvalue weighted by atomic mass is 9.76. The van der Waals surface area contributed by atoms with Crippen molar-refractivity contribution < 1.29 is 5.11 Å². The van der Waals surface area contributed by atoms with Gasteiger partial charge in [0.2, 0.25) is 0 Å². The van der Waals surface area contributed by atoms with Gasteiger partial charge in [0.05, 0.1) is 5.60 Å². The van der Waals surface area contributed by atoms with Gasteiger partial charge in [-0.2, -0.15) is 0 Å². The van der Waals surface area contributed by atoms with Crippen LogP contribution in [0.15, 0.2) is 29.6 Å². The molecule has 0 aliphatic heterocycles. The van der Waals surface area contributed by atoms with E-state index in [0.717, 1.165) is 19.3 Å². The molecule has 1 nitrogen and oxygen atoms in total. The topological polar surface area (TPSA) is 20.2 Å². The molecule has 1 saturated carbocycles. The summed E-state index contributed by atoms with van der Waals surface area (Å²) in [4.78, 5) is 0. The van der Waals surface area contributed by atoms with Gasteiger partial charge in [0.25, 0.3) is 0 Å². The zero-order valence-electron chi connectivity index (χ0n) is 10.9. The maximum Gasteiger partial charge on any atom is 0.0691 e. The predicted octanol–water partition coefficient (Wildman–Crippen LogP) is 4.39. The summed E-state index contributed by atoms with van der Waals surface area (Å²) in [5.74, 6) is 0.661. The summed E-state index contributed by atoms with van der Waals surface area (Å²) >= 11 is 1.79. The molecule has 0 spiro atoms. The largest absolute Gasteiger partial charge is 0.390 e. The molecule has 1 aliphatic carbocycles. The molecular weight excluding hydrogens is 240 g/mol. The van der Waals surface area contributed by atoms with Gasteiger partial charge >= 0.3 is 0 Å². The van der Waals surface area contributed by atoms with Crippen LogP contribution in [0.2, 0.25) is 0 Å². The number of rotatable bonds is 2. The molecule has 18 heavy (non-hydrogen) atoms. The van der Waals surface area contributed by atoms with Gasteiger partial charge in [-0.1, -0.05) is 38.0 Å². The van der Waals surface area contributed by atoms with Crippen molar-refractivity contribution in [3.63, 3.8) is 0 Å². The quantitative estimate of drug-likeness (QED) is 0.849. The van der Waals surface area contributed by atoms with Gasteiger partial charge in [-0.05, 0) is 41.2 Å². The van der Waals surface area contributed by atoms with E-state index >= 15 is 0 Å². The lowest BCUT2D eigenvalue weighted by molar-refractivity contribution is -0.0120. The van der Waals surface area contributed by atoms with Crippen molar-refractivity contribution in [2.45, 2.75) is 44.6 Å². The zero-order valence-corrected chi connectivity index (χ0v) is 11.7. The fourth-order valence-corrected chi connectivity index (χ4v) is 4.28. The number of aliphatic hydroxyl groups is 1. The van der Waals surface area contributed by atoms with E-state index in [-0.39, 0.29) is 0 Å². The molecular formula is C16H20OS. The summed E-state index contributed by atoms with van der Waals surface area (Å²) in [6.07, 6.45) is 5.17. The van der Waals surface area contributed by atoms with E-state index in [1.807, 2.05) is 0 Å². The fraction of sp³-hybridized carbons (Fsp3) is 0.500.